The lowest BCUT2D eigenvalue weighted by Crippen LogP contribution is -2.53. The van der Waals surface area contributed by atoms with E-state index in [1.165, 1.54) is 37.8 Å². The number of carbonyl (C=O) groups is 1. The Kier molecular flexibility index (Phi) is 3.74. The molecule has 0 bridgehead atoms. The highest BCUT2D eigenvalue weighted by Crippen LogP contribution is 2.50. The van der Waals surface area contributed by atoms with Gasteiger partial charge in [-0.05, 0) is 37.2 Å². The molecule has 0 N–H and O–H groups in total. The van der Waals surface area contributed by atoms with Gasteiger partial charge in [0, 0.05) is 11.8 Å². The molecular weight excluding hydrogens is 286 g/mol. The Labute approximate surface area is 138 Å². The van der Waals surface area contributed by atoms with Crippen LogP contribution in [0.3, 0.4) is 0 Å². The molecule has 1 aromatic rings. The number of hydrogen-bond donors (Lipinski definition) is 0. The van der Waals surface area contributed by atoms with E-state index >= 15 is 0 Å². The maximum absolute atomic E-state index is 12.4. The van der Waals surface area contributed by atoms with Crippen molar-refractivity contribution in [1.29, 1.82) is 0 Å². The second-order valence-electron chi connectivity index (χ2n) is 7.58. The fourth-order valence-electron chi connectivity index (χ4n) is 4.81. The van der Waals surface area contributed by atoms with E-state index in [-0.39, 0.29) is 23.5 Å². The van der Waals surface area contributed by atoms with Crippen LogP contribution < -0.4 is 0 Å². The summed E-state index contributed by atoms with van der Waals surface area (Å²) in [5.74, 6) is 0.584. The van der Waals surface area contributed by atoms with Crippen molar-refractivity contribution in [2.24, 2.45) is 16.3 Å². The minimum absolute atomic E-state index is 0.0612. The number of aliphatic imine (C=N–C) groups is 1. The SMILES string of the molecule is C[C@@]12CCCC[C@H]1CC[C@@H]1OC(=O)[C@H](Cc3ccccc3)N=C12. The van der Waals surface area contributed by atoms with Gasteiger partial charge in [-0.1, -0.05) is 50.1 Å². The van der Waals surface area contributed by atoms with Crippen molar-refractivity contribution < 1.29 is 9.53 Å². The van der Waals surface area contributed by atoms with Gasteiger partial charge in [0.15, 0.2) is 6.04 Å². The summed E-state index contributed by atoms with van der Waals surface area (Å²) in [6.07, 6.45) is 7.84. The fourth-order valence-corrected chi connectivity index (χ4v) is 4.81. The number of esters is 1. The molecule has 1 aromatic carbocycles. The van der Waals surface area contributed by atoms with Crippen LogP contribution >= 0.6 is 0 Å². The van der Waals surface area contributed by atoms with Crippen LogP contribution in [0.4, 0.5) is 0 Å². The molecule has 0 unspecified atom stereocenters. The van der Waals surface area contributed by atoms with Gasteiger partial charge >= 0.3 is 5.97 Å². The summed E-state index contributed by atoms with van der Waals surface area (Å²) in [5.41, 5.74) is 2.49. The Morgan fingerprint density at radius 1 is 1.17 bits per heavy atom. The molecule has 4 atom stereocenters. The van der Waals surface area contributed by atoms with Gasteiger partial charge in [0.2, 0.25) is 0 Å². The number of fused-ring (bicyclic) bond motifs is 3. The van der Waals surface area contributed by atoms with Crippen LogP contribution in [-0.4, -0.2) is 23.8 Å². The molecule has 2 saturated carbocycles. The first-order chi connectivity index (χ1) is 11.2. The minimum atomic E-state index is -0.360. The van der Waals surface area contributed by atoms with E-state index < -0.39 is 0 Å². The van der Waals surface area contributed by atoms with E-state index in [1.807, 2.05) is 18.2 Å². The first-order valence-corrected chi connectivity index (χ1v) is 8.99. The average molecular weight is 311 g/mol. The van der Waals surface area contributed by atoms with E-state index in [0.717, 1.165) is 17.9 Å². The van der Waals surface area contributed by atoms with E-state index in [2.05, 4.69) is 19.1 Å². The summed E-state index contributed by atoms with van der Waals surface area (Å²) in [7, 11) is 0. The summed E-state index contributed by atoms with van der Waals surface area (Å²) in [5, 5.41) is 0. The third-order valence-corrected chi connectivity index (χ3v) is 6.16. The van der Waals surface area contributed by atoms with Gasteiger partial charge in [0.05, 0.1) is 5.71 Å². The molecule has 4 rings (SSSR count). The van der Waals surface area contributed by atoms with Gasteiger partial charge in [-0.3, -0.25) is 4.99 Å². The average Bonchev–Trinajstić information content (AvgIpc) is 2.56. The van der Waals surface area contributed by atoms with Gasteiger partial charge in [-0.2, -0.15) is 0 Å². The lowest BCUT2D eigenvalue weighted by atomic mass is 9.58. The summed E-state index contributed by atoms with van der Waals surface area (Å²) < 4.78 is 5.82. The minimum Gasteiger partial charge on any atom is -0.455 e. The molecule has 3 nitrogen and oxygen atoms in total. The molecule has 1 aliphatic heterocycles. The molecule has 0 amide bonds. The maximum atomic E-state index is 12.4. The van der Waals surface area contributed by atoms with Crippen LogP contribution in [0, 0.1) is 11.3 Å². The van der Waals surface area contributed by atoms with Gasteiger partial charge in [0.1, 0.15) is 6.10 Å². The second kappa shape index (κ2) is 5.77. The highest BCUT2D eigenvalue weighted by Gasteiger charge is 2.50. The Bertz CT molecular complexity index is 624. The van der Waals surface area contributed by atoms with Crippen LogP contribution in [0.5, 0.6) is 0 Å². The molecule has 122 valence electrons. The van der Waals surface area contributed by atoms with Gasteiger partial charge in [-0.25, -0.2) is 4.79 Å². The van der Waals surface area contributed by atoms with Crippen molar-refractivity contribution >= 4 is 11.7 Å². The predicted molar refractivity (Wildman–Crippen MR) is 90.5 cm³/mol. The first-order valence-electron chi connectivity index (χ1n) is 8.99. The predicted octanol–water partition coefficient (Wildman–Crippen LogP) is 3.95. The zero-order valence-electron chi connectivity index (χ0n) is 13.8. The summed E-state index contributed by atoms with van der Waals surface area (Å²) in [6.45, 7) is 2.36. The van der Waals surface area contributed by atoms with Crippen molar-refractivity contribution in [3.8, 4) is 0 Å². The van der Waals surface area contributed by atoms with E-state index in [1.54, 1.807) is 0 Å². The molecule has 0 aromatic heterocycles. The van der Waals surface area contributed by atoms with Crippen molar-refractivity contribution in [3.63, 3.8) is 0 Å². The fraction of sp³-hybridized carbons (Fsp3) is 0.600. The Morgan fingerprint density at radius 2 is 2.00 bits per heavy atom. The lowest BCUT2D eigenvalue weighted by Gasteiger charge is -2.50. The Hall–Kier alpha value is -1.64. The summed E-state index contributed by atoms with van der Waals surface area (Å²) in [4.78, 5) is 17.4. The maximum Gasteiger partial charge on any atom is 0.331 e. The smallest absolute Gasteiger partial charge is 0.331 e. The number of carbonyl (C=O) groups excluding carboxylic acids is 1. The number of benzene rings is 1. The molecule has 0 spiro atoms. The molecule has 3 aliphatic rings. The third kappa shape index (κ3) is 2.60. The number of rotatable bonds is 2. The van der Waals surface area contributed by atoms with Crippen LogP contribution in [-0.2, 0) is 16.0 Å². The van der Waals surface area contributed by atoms with Crippen molar-refractivity contribution in [2.75, 3.05) is 0 Å². The highest BCUT2D eigenvalue weighted by atomic mass is 16.5. The van der Waals surface area contributed by atoms with Gasteiger partial charge in [0.25, 0.3) is 0 Å². The van der Waals surface area contributed by atoms with Crippen LogP contribution in [0.25, 0.3) is 0 Å². The quantitative estimate of drug-likeness (QED) is 0.776. The molecule has 23 heavy (non-hydrogen) atoms. The third-order valence-electron chi connectivity index (χ3n) is 6.16. The van der Waals surface area contributed by atoms with Crippen LogP contribution in [0.15, 0.2) is 35.3 Å². The first kappa shape index (κ1) is 14.9. The number of ether oxygens (including phenoxy) is 1. The Morgan fingerprint density at radius 3 is 2.83 bits per heavy atom. The molecule has 0 radical (unpaired) electrons. The largest absolute Gasteiger partial charge is 0.455 e. The number of hydrogen-bond acceptors (Lipinski definition) is 3. The van der Waals surface area contributed by atoms with E-state index in [9.17, 15) is 4.79 Å². The molecular formula is C20H25NO2. The van der Waals surface area contributed by atoms with Crippen molar-refractivity contribution in [1.82, 2.24) is 0 Å². The molecule has 0 saturated heterocycles. The zero-order chi connectivity index (χ0) is 15.9. The topological polar surface area (TPSA) is 38.7 Å². The molecule has 1 heterocycles. The van der Waals surface area contributed by atoms with E-state index in [0.29, 0.717) is 6.42 Å². The monoisotopic (exact) mass is 311 g/mol. The summed E-state index contributed by atoms with van der Waals surface area (Å²) >= 11 is 0. The van der Waals surface area contributed by atoms with E-state index in [4.69, 9.17) is 9.73 Å². The molecule has 3 heteroatoms. The van der Waals surface area contributed by atoms with Crippen molar-refractivity contribution in [2.45, 2.75) is 64.0 Å². The van der Waals surface area contributed by atoms with Crippen LogP contribution in [0.2, 0.25) is 0 Å². The Balaban J connectivity index is 1.64. The normalized spacial score (nSPS) is 36.5. The second-order valence-corrected chi connectivity index (χ2v) is 7.58. The zero-order valence-corrected chi connectivity index (χ0v) is 13.8. The number of nitrogens with zero attached hydrogens (tertiary/aromatic N) is 1. The van der Waals surface area contributed by atoms with Gasteiger partial charge < -0.3 is 4.74 Å². The molecule has 2 aliphatic carbocycles. The van der Waals surface area contributed by atoms with Gasteiger partial charge in [-0.15, -0.1) is 0 Å². The summed E-state index contributed by atoms with van der Waals surface area (Å²) in [6, 6.07) is 9.79. The van der Waals surface area contributed by atoms with Crippen LogP contribution in [0.1, 0.15) is 51.0 Å². The highest BCUT2D eigenvalue weighted by molar-refractivity contribution is 6.00. The van der Waals surface area contributed by atoms with Crippen molar-refractivity contribution in [3.05, 3.63) is 35.9 Å². The molecule has 2 fully saturated rings. The standard InChI is InChI=1S/C20H25NO2/c1-20-12-6-5-9-15(20)10-11-17-18(20)21-16(19(22)23-17)13-14-7-3-2-4-8-14/h2-4,7-8,15-17H,5-6,9-13H2,1H3/t15-,16-,17-,20+/m0/s1. The lowest BCUT2D eigenvalue weighted by molar-refractivity contribution is -0.150.